The number of aromatic nitrogens is 4. The Morgan fingerprint density at radius 3 is 2.87 bits per heavy atom. The highest BCUT2D eigenvalue weighted by atomic mass is 32.2. The monoisotopic (exact) mass is 563 g/mol. The molecule has 4 aliphatic heterocycles. The standard InChI is InChI=1S/C23H33N9O6S/c1-11-18-17(12(2)27-16(33)9-31-10-26-28-29-31)22(35)32(18)19(23(36)37)20(11)39-14-5-15(25-7-14)21(34)30-3-4-38-13(6-24)8-30/h10-15,17-18,25H,3-9,24H2,1-2H3,(H,27,33)(H,36,37)/t11-,12-,13-,14+,15+,17-,18-/m1/s1. The number of carbonyl (C=O) groups excluding carboxylic acids is 3. The molecule has 16 heteroatoms. The second-order valence-corrected chi connectivity index (χ2v) is 11.7. The van der Waals surface area contributed by atoms with Gasteiger partial charge in [-0.1, -0.05) is 6.92 Å². The molecule has 0 unspecified atom stereocenters. The normalized spacial score (nSPS) is 31.2. The number of hydrogen-bond donors (Lipinski definition) is 4. The van der Waals surface area contributed by atoms with E-state index in [0.717, 1.165) is 0 Å². The molecule has 4 aliphatic rings. The van der Waals surface area contributed by atoms with E-state index in [2.05, 4.69) is 26.2 Å². The van der Waals surface area contributed by atoms with Crippen molar-refractivity contribution in [1.82, 2.24) is 40.6 Å². The lowest BCUT2D eigenvalue weighted by molar-refractivity contribution is -0.158. The number of nitrogens with one attached hydrogen (secondary N) is 2. The van der Waals surface area contributed by atoms with E-state index in [1.54, 1.807) is 11.8 Å². The van der Waals surface area contributed by atoms with Crippen molar-refractivity contribution in [3.63, 3.8) is 0 Å². The Bertz CT molecular complexity index is 1160. The minimum atomic E-state index is -1.16. The van der Waals surface area contributed by atoms with E-state index in [-0.39, 0.29) is 59.3 Å². The summed E-state index contributed by atoms with van der Waals surface area (Å²) in [7, 11) is 0. The van der Waals surface area contributed by atoms with Crippen molar-refractivity contribution >= 4 is 35.5 Å². The number of morpholine rings is 1. The van der Waals surface area contributed by atoms with Gasteiger partial charge in [-0.2, -0.15) is 0 Å². The number of carboxylic acids is 1. The van der Waals surface area contributed by atoms with Gasteiger partial charge in [-0.3, -0.25) is 14.4 Å². The molecule has 0 aromatic carbocycles. The molecule has 0 bridgehead atoms. The van der Waals surface area contributed by atoms with Crippen LogP contribution in [0.25, 0.3) is 0 Å². The molecule has 15 nitrogen and oxygen atoms in total. The zero-order valence-corrected chi connectivity index (χ0v) is 22.5. The second-order valence-electron chi connectivity index (χ2n) is 10.3. The molecule has 3 saturated heterocycles. The quantitative estimate of drug-likeness (QED) is 0.233. The van der Waals surface area contributed by atoms with E-state index in [1.165, 1.54) is 27.7 Å². The Morgan fingerprint density at radius 1 is 1.38 bits per heavy atom. The second kappa shape index (κ2) is 11.2. The highest BCUT2D eigenvalue weighted by Crippen LogP contribution is 2.51. The highest BCUT2D eigenvalue weighted by molar-refractivity contribution is 8.03. The van der Waals surface area contributed by atoms with Crippen molar-refractivity contribution in [3.8, 4) is 0 Å². The summed E-state index contributed by atoms with van der Waals surface area (Å²) in [4.78, 5) is 54.7. The highest BCUT2D eigenvalue weighted by Gasteiger charge is 2.60. The summed E-state index contributed by atoms with van der Waals surface area (Å²) in [5.74, 6) is -2.63. The Balaban J connectivity index is 1.22. The van der Waals surface area contributed by atoms with Gasteiger partial charge in [0.15, 0.2) is 0 Å². The first kappa shape index (κ1) is 27.5. The van der Waals surface area contributed by atoms with Crippen LogP contribution in [0, 0.1) is 11.8 Å². The van der Waals surface area contributed by atoms with Crippen molar-refractivity contribution in [2.75, 3.05) is 32.8 Å². The summed E-state index contributed by atoms with van der Waals surface area (Å²) in [6.45, 7) is 5.89. The third kappa shape index (κ3) is 5.25. The topological polar surface area (TPSA) is 198 Å². The fourth-order valence-corrected chi connectivity index (χ4v) is 7.41. The summed E-state index contributed by atoms with van der Waals surface area (Å²) < 4.78 is 6.84. The number of hydrogen-bond acceptors (Lipinski definition) is 11. The summed E-state index contributed by atoms with van der Waals surface area (Å²) in [6.07, 6.45) is 1.70. The van der Waals surface area contributed by atoms with Gasteiger partial charge in [-0.15, -0.1) is 16.9 Å². The first-order valence-corrected chi connectivity index (χ1v) is 13.9. The maximum atomic E-state index is 13.1. The number of carboxylic acid groups (broad SMARTS) is 1. The molecule has 7 atom stereocenters. The fraction of sp³-hybridized carbons (Fsp3) is 0.696. The number of carbonyl (C=O) groups is 4. The van der Waals surface area contributed by atoms with Gasteiger partial charge in [0.2, 0.25) is 17.7 Å². The molecular weight excluding hydrogens is 530 g/mol. The maximum Gasteiger partial charge on any atom is 0.353 e. The number of aliphatic carboxylic acids is 1. The molecular formula is C23H33N9O6S. The molecule has 212 valence electrons. The van der Waals surface area contributed by atoms with Crippen LogP contribution in [-0.2, 0) is 30.5 Å². The summed E-state index contributed by atoms with van der Waals surface area (Å²) in [5, 5.41) is 26.8. The molecule has 5 heterocycles. The van der Waals surface area contributed by atoms with Crippen LogP contribution < -0.4 is 16.4 Å². The first-order chi connectivity index (χ1) is 18.7. The predicted octanol–water partition coefficient (Wildman–Crippen LogP) is -2.40. The maximum absolute atomic E-state index is 13.1. The van der Waals surface area contributed by atoms with Crippen LogP contribution in [0.1, 0.15) is 20.3 Å². The molecule has 3 amide bonds. The molecule has 0 aliphatic carbocycles. The average molecular weight is 564 g/mol. The van der Waals surface area contributed by atoms with Gasteiger partial charge in [-0.25, -0.2) is 9.48 Å². The van der Waals surface area contributed by atoms with E-state index >= 15 is 0 Å². The first-order valence-electron chi connectivity index (χ1n) is 13.0. The Hall–Kier alpha value is -3.08. The van der Waals surface area contributed by atoms with Gasteiger partial charge >= 0.3 is 5.97 Å². The molecule has 39 heavy (non-hydrogen) atoms. The molecule has 3 fully saturated rings. The third-order valence-corrected chi connectivity index (χ3v) is 9.32. The number of β-lactam (4-membered cyclic amide) rings is 1. The molecule has 5 N–H and O–H groups in total. The lowest BCUT2D eigenvalue weighted by Gasteiger charge is -2.47. The summed E-state index contributed by atoms with van der Waals surface area (Å²) in [5.41, 5.74) is 5.71. The molecule has 5 rings (SSSR count). The smallest absolute Gasteiger partial charge is 0.353 e. The van der Waals surface area contributed by atoms with Crippen LogP contribution in [-0.4, -0.2) is 121 Å². The Morgan fingerprint density at radius 2 is 2.18 bits per heavy atom. The van der Waals surface area contributed by atoms with Crippen LogP contribution in [0.15, 0.2) is 16.9 Å². The van der Waals surface area contributed by atoms with Crippen LogP contribution >= 0.6 is 11.8 Å². The molecule has 1 aromatic heterocycles. The third-order valence-electron chi connectivity index (χ3n) is 7.81. The van der Waals surface area contributed by atoms with E-state index in [0.29, 0.717) is 44.1 Å². The zero-order chi connectivity index (χ0) is 27.8. The number of tetrazole rings is 1. The van der Waals surface area contributed by atoms with Crippen molar-refractivity contribution in [2.45, 2.75) is 56.3 Å². The van der Waals surface area contributed by atoms with Gasteiger partial charge in [0.25, 0.3) is 0 Å². The van der Waals surface area contributed by atoms with Crippen molar-refractivity contribution in [2.24, 2.45) is 17.6 Å². The molecule has 0 radical (unpaired) electrons. The number of rotatable bonds is 9. The largest absolute Gasteiger partial charge is 0.477 e. The number of nitrogens with zero attached hydrogens (tertiary/aromatic N) is 6. The van der Waals surface area contributed by atoms with Crippen LogP contribution in [0.3, 0.4) is 0 Å². The summed E-state index contributed by atoms with van der Waals surface area (Å²) in [6, 6.07) is -1.25. The van der Waals surface area contributed by atoms with E-state index < -0.39 is 17.9 Å². The van der Waals surface area contributed by atoms with E-state index in [1.807, 2.05) is 6.92 Å². The van der Waals surface area contributed by atoms with Crippen molar-refractivity contribution in [1.29, 1.82) is 0 Å². The van der Waals surface area contributed by atoms with Crippen LogP contribution in [0.5, 0.6) is 0 Å². The zero-order valence-electron chi connectivity index (χ0n) is 21.7. The predicted molar refractivity (Wildman–Crippen MR) is 137 cm³/mol. The molecule has 0 spiro atoms. The Labute approximate surface area is 228 Å². The number of amides is 3. The van der Waals surface area contributed by atoms with Gasteiger partial charge in [0.05, 0.1) is 30.7 Å². The minimum absolute atomic E-state index is 0.000269. The fourth-order valence-electron chi connectivity index (χ4n) is 5.93. The molecule has 1 aromatic rings. The summed E-state index contributed by atoms with van der Waals surface area (Å²) >= 11 is 1.43. The number of fused-ring (bicyclic) bond motifs is 1. The lowest BCUT2D eigenvalue weighted by Crippen LogP contribution is -2.66. The number of nitrogens with two attached hydrogens (primary N) is 1. The van der Waals surface area contributed by atoms with Gasteiger partial charge in [0.1, 0.15) is 18.6 Å². The van der Waals surface area contributed by atoms with Crippen LogP contribution in [0.4, 0.5) is 0 Å². The van der Waals surface area contributed by atoms with Crippen molar-refractivity contribution < 1.29 is 29.0 Å². The number of thioether (sulfide) groups is 1. The lowest BCUT2D eigenvalue weighted by atomic mass is 9.78. The van der Waals surface area contributed by atoms with E-state index in [4.69, 9.17) is 10.5 Å². The van der Waals surface area contributed by atoms with Crippen LogP contribution in [0.2, 0.25) is 0 Å². The van der Waals surface area contributed by atoms with Crippen molar-refractivity contribution in [3.05, 3.63) is 16.9 Å². The van der Waals surface area contributed by atoms with Gasteiger partial charge < -0.3 is 36.0 Å². The van der Waals surface area contributed by atoms with Gasteiger partial charge in [0, 0.05) is 48.3 Å². The minimum Gasteiger partial charge on any atom is -0.477 e. The van der Waals surface area contributed by atoms with E-state index in [9.17, 15) is 24.3 Å². The van der Waals surface area contributed by atoms with Gasteiger partial charge in [-0.05, 0) is 23.8 Å². The SMILES string of the molecule is C[C@@H](NC(=O)Cn1cnnn1)[C@H]1C(=O)N2C(C(=O)O)=C(S[C@@H]3CN[C@H](C(=O)N4CCO[C@H](CN)C4)C3)[C@H](C)[C@H]12. The number of ether oxygens (including phenoxy) is 1. The molecule has 0 saturated carbocycles. The average Bonchev–Trinajstić information content (AvgIpc) is 3.64. The Kier molecular flexibility index (Phi) is 7.89.